The van der Waals surface area contributed by atoms with Crippen LogP contribution in [-0.4, -0.2) is 69.8 Å². The second-order valence-corrected chi connectivity index (χ2v) is 11.1. The van der Waals surface area contributed by atoms with Gasteiger partial charge >= 0.3 is 0 Å². The standard InChI is InChI=1S/C31H40N6O2S/c1-22-9-4-5-10-26(22)33-28(38)12-16-37-30(29(34-31(37)40)27-11-6-7-13-32-27)25-21-23(2)36(24(25)3)15-8-14-35-17-19-39-20-18-35/h4-7,9-11,13,21,29-30H,8,12,14-20H2,1-3H3,(H,33,38)(H,34,40)/t29-,30+/m1/s1. The highest BCUT2D eigenvalue weighted by molar-refractivity contribution is 7.80. The van der Waals surface area contributed by atoms with Crippen molar-refractivity contribution in [2.75, 3.05) is 44.7 Å². The van der Waals surface area contributed by atoms with Gasteiger partial charge in [0.1, 0.15) is 0 Å². The van der Waals surface area contributed by atoms with Crippen LogP contribution in [0, 0.1) is 20.8 Å². The van der Waals surface area contributed by atoms with Gasteiger partial charge in [0.2, 0.25) is 5.91 Å². The van der Waals surface area contributed by atoms with E-state index in [1.165, 1.54) is 17.0 Å². The molecule has 1 amide bonds. The van der Waals surface area contributed by atoms with E-state index in [2.05, 4.69) is 49.9 Å². The molecule has 5 rings (SSSR count). The number of anilines is 1. The molecule has 0 aliphatic carbocycles. The number of hydrogen-bond donors (Lipinski definition) is 2. The summed E-state index contributed by atoms with van der Waals surface area (Å²) in [4.78, 5) is 22.3. The molecule has 0 saturated carbocycles. The van der Waals surface area contributed by atoms with E-state index < -0.39 is 0 Å². The van der Waals surface area contributed by atoms with Crippen molar-refractivity contribution in [3.8, 4) is 0 Å². The molecular formula is C31H40N6O2S. The largest absolute Gasteiger partial charge is 0.379 e. The van der Waals surface area contributed by atoms with Crippen LogP contribution in [0.1, 0.15) is 53.1 Å². The summed E-state index contributed by atoms with van der Waals surface area (Å²) in [5, 5.41) is 7.25. The maximum absolute atomic E-state index is 13.0. The lowest BCUT2D eigenvalue weighted by molar-refractivity contribution is -0.116. The van der Waals surface area contributed by atoms with Gasteiger partial charge in [-0.1, -0.05) is 24.3 Å². The Morgan fingerprint density at radius 1 is 1.07 bits per heavy atom. The molecule has 212 valence electrons. The third-order valence-electron chi connectivity index (χ3n) is 8.09. The van der Waals surface area contributed by atoms with Crippen molar-refractivity contribution in [1.82, 2.24) is 24.7 Å². The molecule has 40 heavy (non-hydrogen) atoms. The Kier molecular flexibility index (Phi) is 9.14. The second kappa shape index (κ2) is 12.9. The van der Waals surface area contributed by atoms with E-state index in [4.69, 9.17) is 17.0 Å². The quantitative estimate of drug-likeness (QED) is 0.353. The number of carbonyl (C=O) groups excluding carboxylic acids is 1. The van der Waals surface area contributed by atoms with Gasteiger partial charge < -0.3 is 24.8 Å². The first-order valence-corrected chi connectivity index (χ1v) is 14.6. The van der Waals surface area contributed by atoms with Gasteiger partial charge in [0.05, 0.1) is 31.0 Å². The summed E-state index contributed by atoms with van der Waals surface area (Å²) in [6.45, 7) is 12.6. The van der Waals surface area contributed by atoms with E-state index in [1.54, 1.807) is 0 Å². The number of morpholine rings is 1. The second-order valence-electron chi connectivity index (χ2n) is 10.7. The molecule has 2 aromatic heterocycles. The minimum Gasteiger partial charge on any atom is -0.379 e. The first-order valence-electron chi connectivity index (χ1n) is 14.2. The highest BCUT2D eigenvalue weighted by atomic mass is 32.1. The van der Waals surface area contributed by atoms with Gasteiger partial charge in [-0.2, -0.15) is 0 Å². The molecule has 0 spiro atoms. The fraction of sp³-hybridized carbons (Fsp3) is 0.452. The zero-order valence-electron chi connectivity index (χ0n) is 23.7. The molecule has 8 nitrogen and oxygen atoms in total. The Hall–Kier alpha value is -3.27. The highest BCUT2D eigenvalue weighted by Crippen LogP contribution is 2.41. The Bertz CT molecular complexity index is 1320. The minimum absolute atomic E-state index is 0.0225. The van der Waals surface area contributed by atoms with Crippen molar-refractivity contribution in [3.05, 3.63) is 82.9 Å². The molecule has 2 saturated heterocycles. The van der Waals surface area contributed by atoms with E-state index in [0.29, 0.717) is 18.1 Å². The summed E-state index contributed by atoms with van der Waals surface area (Å²) < 4.78 is 7.93. The Morgan fingerprint density at radius 2 is 1.85 bits per heavy atom. The monoisotopic (exact) mass is 560 g/mol. The van der Waals surface area contributed by atoms with E-state index in [-0.39, 0.29) is 18.0 Å². The molecule has 9 heteroatoms. The van der Waals surface area contributed by atoms with Gasteiger partial charge in [0, 0.05) is 62.4 Å². The molecule has 4 heterocycles. The van der Waals surface area contributed by atoms with Gasteiger partial charge in [0.15, 0.2) is 5.11 Å². The number of nitrogens with one attached hydrogen (secondary N) is 2. The van der Waals surface area contributed by atoms with Crippen molar-refractivity contribution in [2.45, 2.75) is 52.2 Å². The highest BCUT2D eigenvalue weighted by Gasteiger charge is 2.41. The number of amides is 1. The Morgan fingerprint density at radius 3 is 2.60 bits per heavy atom. The number of pyridine rings is 1. The number of rotatable bonds is 10. The summed E-state index contributed by atoms with van der Waals surface area (Å²) in [5.74, 6) is -0.0225. The molecule has 0 bridgehead atoms. The van der Waals surface area contributed by atoms with E-state index in [9.17, 15) is 4.79 Å². The molecule has 2 aliphatic rings. The number of aryl methyl sites for hydroxylation is 2. The van der Waals surface area contributed by atoms with Crippen LogP contribution in [-0.2, 0) is 16.1 Å². The number of benzene rings is 1. The van der Waals surface area contributed by atoms with Crippen molar-refractivity contribution >= 4 is 28.9 Å². The molecule has 0 unspecified atom stereocenters. The number of nitrogens with zero attached hydrogens (tertiary/aromatic N) is 4. The van der Waals surface area contributed by atoms with Crippen molar-refractivity contribution in [3.63, 3.8) is 0 Å². The molecule has 3 aromatic rings. The van der Waals surface area contributed by atoms with E-state index in [1.807, 2.05) is 55.6 Å². The zero-order chi connectivity index (χ0) is 28.1. The predicted octanol–water partition coefficient (Wildman–Crippen LogP) is 4.53. The van der Waals surface area contributed by atoms with Crippen LogP contribution >= 0.6 is 12.2 Å². The summed E-state index contributed by atoms with van der Waals surface area (Å²) in [6.07, 6.45) is 3.24. The normalized spacial score (nSPS) is 19.6. The fourth-order valence-corrected chi connectivity index (χ4v) is 6.21. The Balaban J connectivity index is 1.35. The average Bonchev–Trinajstić information content (AvgIpc) is 3.44. The molecule has 0 radical (unpaired) electrons. The minimum atomic E-state index is -0.101. The predicted molar refractivity (Wildman–Crippen MR) is 162 cm³/mol. The molecule has 2 fully saturated rings. The third kappa shape index (κ3) is 6.37. The van der Waals surface area contributed by atoms with Crippen LogP contribution in [0.4, 0.5) is 5.69 Å². The summed E-state index contributed by atoms with van der Waals surface area (Å²) >= 11 is 5.86. The molecule has 2 N–H and O–H groups in total. The van der Waals surface area contributed by atoms with Crippen LogP contribution in [0.2, 0.25) is 0 Å². The number of para-hydroxylation sites is 1. The van der Waals surface area contributed by atoms with Crippen LogP contribution in [0.5, 0.6) is 0 Å². The first-order chi connectivity index (χ1) is 19.4. The lowest BCUT2D eigenvalue weighted by atomic mass is 9.96. The Labute approximate surface area is 242 Å². The topological polar surface area (TPSA) is 74.7 Å². The van der Waals surface area contributed by atoms with Crippen LogP contribution < -0.4 is 10.6 Å². The zero-order valence-corrected chi connectivity index (χ0v) is 24.5. The fourth-order valence-electron chi connectivity index (χ4n) is 5.88. The van der Waals surface area contributed by atoms with Gasteiger partial charge in [-0.05, 0) is 74.8 Å². The maximum atomic E-state index is 13.0. The van der Waals surface area contributed by atoms with Gasteiger partial charge in [-0.3, -0.25) is 14.7 Å². The van der Waals surface area contributed by atoms with Gasteiger partial charge in [-0.25, -0.2) is 0 Å². The van der Waals surface area contributed by atoms with Crippen LogP contribution in [0.3, 0.4) is 0 Å². The number of thiocarbonyl (C=S) groups is 1. The van der Waals surface area contributed by atoms with Crippen molar-refractivity contribution < 1.29 is 9.53 Å². The smallest absolute Gasteiger partial charge is 0.226 e. The molecule has 1 aromatic carbocycles. The molecule has 2 atom stereocenters. The lowest BCUT2D eigenvalue weighted by Crippen LogP contribution is -2.37. The van der Waals surface area contributed by atoms with Crippen molar-refractivity contribution in [1.29, 1.82) is 0 Å². The number of aromatic nitrogens is 2. The number of hydrogen-bond acceptors (Lipinski definition) is 5. The van der Waals surface area contributed by atoms with Crippen molar-refractivity contribution in [2.24, 2.45) is 0 Å². The van der Waals surface area contributed by atoms with E-state index in [0.717, 1.165) is 62.8 Å². The average molecular weight is 561 g/mol. The first kappa shape index (κ1) is 28.3. The van der Waals surface area contributed by atoms with Crippen LogP contribution in [0.25, 0.3) is 0 Å². The SMILES string of the molecule is Cc1ccccc1NC(=O)CCN1C(=S)N[C@H](c2ccccn2)[C@@H]1c1cc(C)n(CCCN2CCOCC2)c1C. The maximum Gasteiger partial charge on any atom is 0.226 e. The van der Waals surface area contributed by atoms with Crippen LogP contribution in [0.15, 0.2) is 54.7 Å². The summed E-state index contributed by atoms with van der Waals surface area (Å²) in [6, 6.07) is 16.0. The summed E-state index contributed by atoms with van der Waals surface area (Å²) in [5.41, 5.74) is 6.54. The summed E-state index contributed by atoms with van der Waals surface area (Å²) in [7, 11) is 0. The number of ether oxygens (including phenoxy) is 1. The number of carbonyl (C=O) groups is 1. The van der Waals surface area contributed by atoms with Gasteiger partial charge in [0.25, 0.3) is 0 Å². The molecule has 2 aliphatic heterocycles. The lowest BCUT2D eigenvalue weighted by Gasteiger charge is -2.28. The molecular weight excluding hydrogens is 520 g/mol. The third-order valence-corrected chi connectivity index (χ3v) is 8.44. The van der Waals surface area contributed by atoms with E-state index >= 15 is 0 Å². The van der Waals surface area contributed by atoms with Gasteiger partial charge in [-0.15, -0.1) is 0 Å².